The molecule has 1 saturated heterocycles. The first kappa shape index (κ1) is 17.0. The van der Waals surface area contributed by atoms with E-state index in [4.69, 9.17) is 9.47 Å². The molecule has 1 aliphatic rings. The Bertz CT molecular complexity index is 682. The molecule has 9 heteroatoms. The van der Waals surface area contributed by atoms with Crippen molar-refractivity contribution in [3.8, 4) is 11.8 Å². The molecule has 0 bridgehead atoms. The van der Waals surface area contributed by atoms with Gasteiger partial charge in [-0.05, 0) is 13.0 Å². The lowest BCUT2D eigenvalue weighted by Gasteiger charge is -2.35. The first-order valence-corrected chi connectivity index (χ1v) is 8.27. The number of aromatic nitrogens is 4. The number of rotatable bonds is 6. The van der Waals surface area contributed by atoms with E-state index in [1.54, 1.807) is 26.5 Å². The maximum Gasteiger partial charge on any atom is 0.232 e. The van der Waals surface area contributed by atoms with Gasteiger partial charge in [-0.2, -0.15) is 15.0 Å². The summed E-state index contributed by atoms with van der Waals surface area (Å²) in [6.45, 7) is 6.05. The molecule has 1 aliphatic heterocycles. The van der Waals surface area contributed by atoms with E-state index in [1.165, 1.54) is 0 Å². The minimum Gasteiger partial charge on any atom is -0.481 e. The molecule has 25 heavy (non-hydrogen) atoms. The number of hydrogen-bond acceptors (Lipinski definition) is 9. The van der Waals surface area contributed by atoms with E-state index in [2.05, 4.69) is 35.1 Å². The maximum atomic E-state index is 5.22. The van der Waals surface area contributed by atoms with Crippen LogP contribution in [0.2, 0.25) is 0 Å². The Balaban J connectivity index is 1.68. The van der Waals surface area contributed by atoms with Crippen LogP contribution in [0.25, 0.3) is 0 Å². The average molecular weight is 345 g/mol. The van der Waals surface area contributed by atoms with E-state index in [0.29, 0.717) is 23.7 Å². The lowest BCUT2D eigenvalue weighted by atomic mass is 10.3. The van der Waals surface area contributed by atoms with Crippen molar-refractivity contribution in [2.24, 2.45) is 0 Å². The van der Waals surface area contributed by atoms with Crippen LogP contribution in [0.1, 0.15) is 6.92 Å². The van der Waals surface area contributed by atoms with Crippen molar-refractivity contribution in [2.75, 3.05) is 62.1 Å². The SMILES string of the molecule is CCNc1nccc(N2CCN(c3nc(OC)cc(OC)n3)CC2)n1. The third-order valence-electron chi connectivity index (χ3n) is 3.95. The summed E-state index contributed by atoms with van der Waals surface area (Å²) in [6.07, 6.45) is 1.78. The molecule has 0 unspecified atom stereocenters. The monoisotopic (exact) mass is 345 g/mol. The summed E-state index contributed by atoms with van der Waals surface area (Å²) >= 11 is 0. The van der Waals surface area contributed by atoms with Crippen LogP contribution >= 0.6 is 0 Å². The lowest BCUT2D eigenvalue weighted by Crippen LogP contribution is -2.47. The minimum atomic E-state index is 0.496. The van der Waals surface area contributed by atoms with Gasteiger partial charge in [0.1, 0.15) is 5.82 Å². The van der Waals surface area contributed by atoms with Gasteiger partial charge in [-0.1, -0.05) is 0 Å². The molecule has 1 fully saturated rings. The quantitative estimate of drug-likeness (QED) is 0.825. The number of nitrogens with one attached hydrogen (secondary N) is 1. The molecule has 0 atom stereocenters. The van der Waals surface area contributed by atoms with Crippen LogP contribution < -0.4 is 24.6 Å². The van der Waals surface area contributed by atoms with E-state index in [9.17, 15) is 0 Å². The second-order valence-electron chi connectivity index (χ2n) is 5.50. The molecule has 0 aromatic carbocycles. The Morgan fingerprint density at radius 2 is 1.64 bits per heavy atom. The molecule has 134 valence electrons. The van der Waals surface area contributed by atoms with Crippen molar-refractivity contribution in [3.63, 3.8) is 0 Å². The van der Waals surface area contributed by atoms with E-state index in [-0.39, 0.29) is 0 Å². The highest BCUT2D eigenvalue weighted by molar-refractivity contribution is 5.45. The van der Waals surface area contributed by atoms with Crippen LogP contribution in [0.4, 0.5) is 17.7 Å². The fourth-order valence-corrected chi connectivity index (χ4v) is 2.65. The molecule has 0 amide bonds. The van der Waals surface area contributed by atoms with Gasteiger partial charge in [0.05, 0.1) is 20.3 Å². The Labute approximate surface area is 147 Å². The number of hydrogen-bond donors (Lipinski definition) is 1. The number of piperazine rings is 1. The summed E-state index contributed by atoms with van der Waals surface area (Å²) in [5.41, 5.74) is 0. The van der Waals surface area contributed by atoms with Gasteiger partial charge in [0.2, 0.25) is 23.7 Å². The van der Waals surface area contributed by atoms with Gasteiger partial charge >= 0.3 is 0 Å². The van der Waals surface area contributed by atoms with Crippen LogP contribution in [0.3, 0.4) is 0 Å². The second-order valence-corrected chi connectivity index (χ2v) is 5.50. The van der Waals surface area contributed by atoms with Gasteiger partial charge < -0.3 is 24.6 Å². The number of nitrogens with zero attached hydrogens (tertiary/aromatic N) is 6. The summed E-state index contributed by atoms with van der Waals surface area (Å²) in [5.74, 6) is 3.19. The van der Waals surface area contributed by atoms with Crippen LogP contribution in [0.5, 0.6) is 11.8 Å². The largest absolute Gasteiger partial charge is 0.481 e. The maximum absolute atomic E-state index is 5.22. The Kier molecular flexibility index (Phi) is 5.32. The van der Waals surface area contributed by atoms with E-state index in [0.717, 1.165) is 38.5 Å². The molecular weight excluding hydrogens is 322 g/mol. The number of anilines is 3. The molecule has 1 N–H and O–H groups in total. The highest BCUT2D eigenvalue weighted by Gasteiger charge is 2.21. The topological polar surface area (TPSA) is 88.5 Å². The molecule has 3 heterocycles. The molecule has 2 aromatic rings. The number of methoxy groups -OCH3 is 2. The molecule has 0 radical (unpaired) electrons. The molecular formula is C16H23N7O2. The summed E-state index contributed by atoms with van der Waals surface area (Å²) in [4.78, 5) is 22.0. The van der Waals surface area contributed by atoms with Crippen molar-refractivity contribution in [1.29, 1.82) is 0 Å². The molecule has 2 aromatic heterocycles. The summed E-state index contributed by atoms with van der Waals surface area (Å²) in [5, 5.41) is 3.14. The van der Waals surface area contributed by atoms with Gasteiger partial charge in [0.25, 0.3) is 0 Å². The smallest absolute Gasteiger partial charge is 0.232 e. The molecule has 0 saturated carbocycles. The lowest BCUT2D eigenvalue weighted by molar-refractivity contribution is 0.371. The zero-order valence-corrected chi connectivity index (χ0v) is 14.8. The van der Waals surface area contributed by atoms with E-state index in [1.807, 2.05) is 13.0 Å². The number of ether oxygens (including phenoxy) is 2. The zero-order valence-electron chi connectivity index (χ0n) is 14.8. The summed E-state index contributed by atoms with van der Waals surface area (Å²) in [6, 6.07) is 3.60. The van der Waals surface area contributed by atoms with E-state index < -0.39 is 0 Å². The standard InChI is InChI=1S/C16H23N7O2/c1-4-17-15-18-6-5-12(19-15)22-7-9-23(10-8-22)16-20-13(24-2)11-14(21-16)25-3/h5-6,11H,4,7-10H2,1-3H3,(H,17,18,19). The van der Waals surface area contributed by atoms with Crippen molar-refractivity contribution in [3.05, 3.63) is 18.3 Å². The van der Waals surface area contributed by atoms with Crippen molar-refractivity contribution in [2.45, 2.75) is 6.92 Å². The fourth-order valence-electron chi connectivity index (χ4n) is 2.65. The third-order valence-corrected chi connectivity index (χ3v) is 3.95. The highest BCUT2D eigenvalue weighted by atomic mass is 16.5. The molecule has 3 rings (SSSR count). The molecule has 9 nitrogen and oxygen atoms in total. The van der Waals surface area contributed by atoms with Crippen molar-refractivity contribution >= 4 is 17.7 Å². The third kappa shape index (κ3) is 3.98. The average Bonchev–Trinajstić information content (AvgIpc) is 2.68. The highest BCUT2D eigenvalue weighted by Crippen LogP contribution is 2.22. The Morgan fingerprint density at radius 3 is 2.24 bits per heavy atom. The van der Waals surface area contributed by atoms with Crippen LogP contribution in [0, 0.1) is 0 Å². The van der Waals surface area contributed by atoms with Crippen LogP contribution in [-0.4, -0.2) is 66.9 Å². The van der Waals surface area contributed by atoms with Crippen molar-refractivity contribution in [1.82, 2.24) is 19.9 Å². The van der Waals surface area contributed by atoms with Crippen molar-refractivity contribution < 1.29 is 9.47 Å². The first-order valence-electron chi connectivity index (χ1n) is 8.27. The summed E-state index contributed by atoms with van der Waals surface area (Å²) in [7, 11) is 3.17. The van der Waals surface area contributed by atoms with E-state index >= 15 is 0 Å². The predicted molar refractivity (Wildman–Crippen MR) is 95.8 cm³/mol. The van der Waals surface area contributed by atoms with Gasteiger partial charge in [-0.3, -0.25) is 0 Å². The van der Waals surface area contributed by atoms with Crippen LogP contribution in [0.15, 0.2) is 18.3 Å². The van der Waals surface area contributed by atoms with Gasteiger partial charge in [-0.25, -0.2) is 4.98 Å². The Hall–Kier alpha value is -2.84. The fraction of sp³-hybridized carbons (Fsp3) is 0.500. The van der Waals surface area contributed by atoms with Gasteiger partial charge in [0.15, 0.2) is 0 Å². The normalized spacial score (nSPS) is 14.4. The summed E-state index contributed by atoms with van der Waals surface area (Å²) < 4.78 is 10.4. The van der Waals surface area contributed by atoms with Crippen LogP contribution in [-0.2, 0) is 0 Å². The second kappa shape index (κ2) is 7.82. The van der Waals surface area contributed by atoms with Gasteiger partial charge in [-0.15, -0.1) is 0 Å². The predicted octanol–water partition coefficient (Wildman–Crippen LogP) is 1.04. The zero-order chi connectivity index (χ0) is 17.6. The minimum absolute atomic E-state index is 0.496. The molecule has 0 spiro atoms. The first-order chi connectivity index (χ1) is 12.2. The Morgan fingerprint density at radius 1 is 1.00 bits per heavy atom. The van der Waals surface area contributed by atoms with Gasteiger partial charge in [0, 0.05) is 38.9 Å². The molecule has 0 aliphatic carbocycles.